The van der Waals surface area contributed by atoms with Crippen LogP contribution in [0.25, 0.3) is 0 Å². The highest BCUT2D eigenvalue weighted by molar-refractivity contribution is 6.05. The van der Waals surface area contributed by atoms with Crippen LogP contribution in [0, 0.1) is 5.82 Å². The van der Waals surface area contributed by atoms with Gasteiger partial charge in [-0.05, 0) is 42.0 Å². The van der Waals surface area contributed by atoms with Crippen molar-refractivity contribution in [3.05, 3.63) is 96.1 Å². The lowest BCUT2D eigenvalue weighted by atomic mass is 10.1. The predicted octanol–water partition coefficient (Wildman–Crippen LogP) is 4.07. The van der Waals surface area contributed by atoms with Crippen molar-refractivity contribution in [2.24, 2.45) is 0 Å². The van der Waals surface area contributed by atoms with Crippen molar-refractivity contribution in [3.8, 4) is 0 Å². The van der Waals surface area contributed by atoms with Gasteiger partial charge >= 0.3 is 0 Å². The molecule has 1 heterocycles. The van der Waals surface area contributed by atoms with Gasteiger partial charge in [-0.15, -0.1) is 0 Å². The highest BCUT2D eigenvalue weighted by Crippen LogP contribution is 2.21. The number of pyridine rings is 1. The molecule has 23 heavy (non-hydrogen) atoms. The summed E-state index contributed by atoms with van der Waals surface area (Å²) in [7, 11) is 0. The molecule has 0 spiro atoms. The summed E-state index contributed by atoms with van der Waals surface area (Å²) in [6.07, 6.45) is 3.37. The third-order valence-corrected chi connectivity index (χ3v) is 3.45. The van der Waals surface area contributed by atoms with E-state index in [1.165, 1.54) is 12.1 Å². The van der Waals surface area contributed by atoms with Gasteiger partial charge in [-0.1, -0.05) is 30.3 Å². The molecule has 0 saturated carbocycles. The number of carbonyl (C=O) groups excluding carboxylic acids is 1. The molecule has 0 aliphatic carbocycles. The average molecular weight is 306 g/mol. The minimum Gasteiger partial charge on any atom is -0.304 e. The van der Waals surface area contributed by atoms with Crippen LogP contribution in [0.1, 0.15) is 15.9 Å². The van der Waals surface area contributed by atoms with Gasteiger partial charge in [-0.25, -0.2) is 4.39 Å². The van der Waals surface area contributed by atoms with Crippen LogP contribution in [0.2, 0.25) is 0 Å². The molecule has 0 unspecified atom stereocenters. The summed E-state index contributed by atoms with van der Waals surface area (Å²) in [6, 6.07) is 18.7. The summed E-state index contributed by atoms with van der Waals surface area (Å²) in [5.41, 5.74) is 1.95. The molecule has 1 amide bonds. The fraction of sp³-hybridized carbons (Fsp3) is 0.0526. The van der Waals surface area contributed by atoms with Gasteiger partial charge in [0.05, 0.1) is 6.54 Å². The molecule has 0 saturated heterocycles. The normalized spacial score (nSPS) is 10.3. The van der Waals surface area contributed by atoms with Crippen LogP contribution in [-0.2, 0) is 6.54 Å². The van der Waals surface area contributed by atoms with Gasteiger partial charge in [0.1, 0.15) is 5.82 Å². The Bertz CT molecular complexity index is 791. The summed E-state index contributed by atoms with van der Waals surface area (Å²) >= 11 is 0. The topological polar surface area (TPSA) is 33.2 Å². The van der Waals surface area contributed by atoms with Crippen molar-refractivity contribution in [3.63, 3.8) is 0 Å². The molecule has 0 atom stereocenters. The molecule has 0 bridgehead atoms. The van der Waals surface area contributed by atoms with Crippen molar-refractivity contribution in [1.29, 1.82) is 0 Å². The van der Waals surface area contributed by atoms with Crippen LogP contribution < -0.4 is 4.90 Å². The Labute approximate surface area is 134 Å². The number of amides is 1. The second kappa shape index (κ2) is 6.83. The van der Waals surface area contributed by atoms with Gasteiger partial charge in [-0.3, -0.25) is 9.78 Å². The van der Waals surface area contributed by atoms with Crippen LogP contribution >= 0.6 is 0 Å². The Morgan fingerprint density at radius 3 is 2.52 bits per heavy atom. The zero-order valence-corrected chi connectivity index (χ0v) is 12.4. The van der Waals surface area contributed by atoms with Crippen molar-refractivity contribution in [2.45, 2.75) is 6.54 Å². The molecule has 1 aromatic heterocycles. The minimum absolute atomic E-state index is 0.181. The average Bonchev–Trinajstić information content (AvgIpc) is 2.61. The third-order valence-electron chi connectivity index (χ3n) is 3.45. The van der Waals surface area contributed by atoms with Crippen molar-refractivity contribution in [1.82, 2.24) is 4.98 Å². The zero-order valence-electron chi connectivity index (χ0n) is 12.4. The van der Waals surface area contributed by atoms with Gasteiger partial charge in [-0.2, -0.15) is 0 Å². The van der Waals surface area contributed by atoms with E-state index in [4.69, 9.17) is 0 Å². The number of hydrogen-bond donors (Lipinski definition) is 0. The maximum absolute atomic E-state index is 13.6. The molecule has 0 N–H and O–H groups in total. The highest BCUT2D eigenvalue weighted by Gasteiger charge is 2.18. The first kappa shape index (κ1) is 14.9. The summed E-state index contributed by atoms with van der Waals surface area (Å²) in [6.45, 7) is 0.324. The first-order valence-corrected chi connectivity index (χ1v) is 7.25. The smallest absolute Gasteiger partial charge is 0.258 e. The fourth-order valence-corrected chi connectivity index (χ4v) is 2.34. The van der Waals surface area contributed by atoms with E-state index in [1.807, 2.05) is 18.2 Å². The van der Waals surface area contributed by atoms with E-state index in [0.29, 0.717) is 17.8 Å². The number of anilines is 1. The SMILES string of the molecule is O=C(c1ccccc1)N(Cc1cccnc1)c1cccc(F)c1. The van der Waals surface area contributed by atoms with Crippen LogP contribution in [-0.4, -0.2) is 10.9 Å². The summed E-state index contributed by atoms with van der Waals surface area (Å²) in [4.78, 5) is 18.5. The van der Waals surface area contributed by atoms with E-state index < -0.39 is 0 Å². The number of hydrogen-bond acceptors (Lipinski definition) is 2. The number of benzene rings is 2. The van der Waals surface area contributed by atoms with Crippen molar-refractivity contribution >= 4 is 11.6 Å². The first-order valence-electron chi connectivity index (χ1n) is 7.25. The number of carbonyl (C=O) groups is 1. The zero-order chi connectivity index (χ0) is 16.1. The molecule has 3 rings (SSSR count). The lowest BCUT2D eigenvalue weighted by Gasteiger charge is -2.23. The van der Waals surface area contributed by atoms with Gasteiger partial charge in [0.15, 0.2) is 0 Å². The van der Waals surface area contributed by atoms with Gasteiger partial charge in [0.2, 0.25) is 0 Å². The Morgan fingerprint density at radius 2 is 1.83 bits per heavy atom. The van der Waals surface area contributed by atoms with Crippen LogP contribution in [0.3, 0.4) is 0 Å². The minimum atomic E-state index is -0.375. The van der Waals surface area contributed by atoms with Crippen LogP contribution in [0.5, 0.6) is 0 Å². The summed E-state index contributed by atoms with van der Waals surface area (Å²) < 4.78 is 13.6. The quantitative estimate of drug-likeness (QED) is 0.728. The Morgan fingerprint density at radius 1 is 1.00 bits per heavy atom. The van der Waals surface area contributed by atoms with E-state index in [0.717, 1.165) is 5.56 Å². The lowest BCUT2D eigenvalue weighted by molar-refractivity contribution is 0.0985. The molecule has 114 valence electrons. The molecule has 4 heteroatoms. The maximum Gasteiger partial charge on any atom is 0.258 e. The van der Waals surface area contributed by atoms with E-state index in [2.05, 4.69) is 4.98 Å². The number of nitrogens with zero attached hydrogens (tertiary/aromatic N) is 2. The van der Waals surface area contributed by atoms with Crippen LogP contribution in [0.4, 0.5) is 10.1 Å². The van der Waals surface area contributed by atoms with E-state index >= 15 is 0 Å². The second-order valence-electron chi connectivity index (χ2n) is 5.10. The molecule has 3 aromatic rings. The van der Waals surface area contributed by atoms with Gasteiger partial charge in [0.25, 0.3) is 5.91 Å². The number of halogens is 1. The Kier molecular flexibility index (Phi) is 4.43. The molecule has 0 fully saturated rings. The molecule has 3 nitrogen and oxygen atoms in total. The standard InChI is InChI=1S/C19H15FN2O/c20-17-9-4-10-18(12-17)22(14-15-6-5-11-21-13-15)19(23)16-7-2-1-3-8-16/h1-13H,14H2. The molecular weight excluding hydrogens is 291 g/mol. The fourth-order valence-electron chi connectivity index (χ4n) is 2.34. The third kappa shape index (κ3) is 3.61. The second-order valence-corrected chi connectivity index (χ2v) is 5.10. The lowest BCUT2D eigenvalue weighted by Crippen LogP contribution is -2.30. The molecule has 0 radical (unpaired) electrons. The van der Waals surface area contributed by atoms with E-state index in [9.17, 15) is 9.18 Å². The van der Waals surface area contributed by atoms with E-state index in [-0.39, 0.29) is 11.7 Å². The Balaban J connectivity index is 1.98. The van der Waals surface area contributed by atoms with Crippen molar-refractivity contribution in [2.75, 3.05) is 4.90 Å². The molecule has 0 aliphatic rings. The largest absolute Gasteiger partial charge is 0.304 e. The van der Waals surface area contributed by atoms with Crippen molar-refractivity contribution < 1.29 is 9.18 Å². The van der Waals surface area contributed by atoms with Gasteiger partial charge in [0, 0.05) is 23.6 Å². The Hall–Kier alpha value is -3.01. The molecule has 2 aromatic carbocycles. The van der Waals surface area contributed by atoms with E-state index in [1.54, 1.807) is 53.7 Å². The predicted molar refractivity (Wildman–Crippen MR) is 87.6 cm³/mol. The first-order chi connectivity index (χ1) is 11.2. The summed E-state index contributed by atoms with van der Waals surface area (Å²) in [5, 5.41) is 0. The van der Waals surface area contributed by atoms with Crippen LogP contribution in [0.15, 0.2) is 79.1 Å². The summed E-state index contributed by atoms with van der Waals surface area (Å²) in [5.74, 6) is -0.556. The van der Waals surface area contributed by atoms with Gasteiger partial charge < -0.3 is 4.90 Å². The maximum atomic E-state index is 13.6. The molecular formula is C19H15FN2O. The highest BCUT2D eigenvalue weighted by atomic mass is 19.1. The number of aromatic nitrogens is 1. The number of rotatable bonds is 4. The molecule has 0 aliphatic heterocycles. The monoisotopic (exact) mass is 306 g/mol.